The number of hydrogen-bond acceptors (Lipinski definition) is 4. The third-order valence-corrected chi connectivity index (χ3v) is 3.14. The monoisotopic (exact) mass is 288 g/mol. The van der Waals surface area contributed by atoms with Gasteiger partial charge in [-0.25, -0.2) is 4.39 Å². The van der Waals surface area contributed by atoms with E-state index in [0.717, 1.165) is 0 Å². The lowest BCUT2D eigenvalue weighted by atomic mass is 10.1. The Labute approximate surface area is 120 Å². The molecule has 2 aromatic rings. The second-order valence-corrected chi connectivity index (χ2v) is 4.56. The van der Waals surface area contributed by atoms with Gasteiger partial charge in [-0.2, -0.15) is 0 Å². The van der Waals surface area contributed by atoms with E-state index in [2.05, 4.69) is 0 Å². The van der Waals surface area contributed by atoms with Crippen molar-refractivity contribution in [1.29, 1.82) is 0 Å². The van der Waals surface area contributed by atoms with E-state index in [1.54, 1.807) is 13.1 Å². The van der Waals surface area contributed by atoms with Crippen molar-refractivity contribution < 1.29 is 14.1 Å². The summed E-state index contributed by atoms with van der Waals surface area (Å²) in [6.07, 6.45) is 0. The zero-order valence-corrected chi connectivity index (χ0v) is 11.5. The summed E-state index contributed by atoms with van der Waals surface area (Å²) < 4.78 is 13.3. The number of ketones is 1. The largest absolute Gasteiger partial charge is 0.339 e. The number of nitro groups is 1. The summed E-state index contributed by atoms with van der Waals surface area (Å²) in [6.45, 7) is 1.34. The van der Waals surface area contributed by atoms with Gasteiger partial charge in [-0.1, -0.05) is 6.07 Å². The van der Waals surface area contributed by atoms with Gasteiger partial charge in [0.05, 0.1) is 4.92 Å². The first-order valence-corrected chi connectivity index (χ1v) is 6.19. The summed E-state index contributed by atoms with van der Waals surface area (Å²) in [7, 11) is 1.60. The molecule has 0 unspecified atom stereocenters. The maximum absolute atomic E-state index is 13.3. The first-order valence-electron chi connectivity index (χ1n) is 6.19. The van der Waals surface area contributed by atoms with Gasteiger partial charge in [0.25, 0.3) is 5.69 Å². The maximum atomic E-state index is 13.3. The van der Waals surface area contributed by atoms with E-state index in [4.69, 9.17) is 0 Å². The minimum atomic E-state index is -0.558. The maximum Gasteiger partial charge on any atom is 0.293 e. The second kappa shape index (κ2) is 5.70. The Hall–Kier alpha value is -2.76. The van der Waals surface area contributed by atoms with Gasteiger partial charge < -0.3 is 4.90 Å². The molecule has 2 rings (SSSR count). The quantitative estimate of drug-likeness (QED) is 0.489. The van der Waals surface area contributed by atoms with Crippen LogP contribution in [0.1, 0.15) is 17.3 Å². The van der Waals surface area contributed by atoms with Crippen LogP contribution in [0.25, 0.3) is 0 Å². The molecule has 0 saturated heterocycles. The molecule has 0 N–H and O–H groups in total. The van der Waals surface area contributed by atoms with Crippen LogP contribution < -0.4 is 4.90 Å². The van der Waals surface area contributed by atoms with Gasteiger partial charge in [0.15, 0.2) is 5.78 Å². The smallest absolute Gasteiger partial charge is 0.293 e. The number of rotatable bonds is 4. The van der Waals surface area contributed by atoms with Crippen LogP contribution in [-0.2, 0) is 0 Å². The van der Waals surface area contributed by atoms with Crippen LogP contribution in [0.4, 0.5) is 21.5 Å². The van der Waals surface area contributed by atoms with E-state index in [1.807, 2.05) is 0 Å². The highest BCUT2D eigenvalue weighted by Gasteiger charge is 2.20. The molecule has 0 fully saturated rings. The molecule has 0 amide bonds. The van der Waals surface area contributed by atoms with Crippen molar-refractivity contribution >= 4 is 22.8 Å². The lowest BCUT2D eigenvalue weighted by Gasteiger charge is -2.19. The van der Waals surface area contributed by atoms with Gasteiger partial charge in [0.1, 0.15) is 11.5 Å². The molecule has 0 aliphatic carbocycles. The van der Waals surface area contributed by atoms with E-state index in [0.29, 0.717) is 5.69 Å². The Balaban J connectivity index is 2.52. The molecular weight excluding hydrogens is 275 g/mol. The van der Waals surface area contributed by atoms with Crippen molar-refractivity contribution in [2.24, 2.45) is 0 Å². The van der Waals surface area contributed by atoms with Gasteiger partial charge in [-0.15, -0.1) is 0 Å². The summed E-state index contributed by atoms with van der Waals surface area (Å²) in [5.41, 5.74) is 0.830. The van der Waals surface area contributed by atoms with Gasteiger partial charge in [0, 0.05) is 24.4 Å². The Kier molecular flexibility index (Phi) is 3.98. The summed E-state index contributed by atoms with van der Waals surface area (Å²) in [6, 6.07) is 9.98. The van der Waals surface area contributed by atoms with Crippen molar-refractivity contribution in [3.05, 3.63) is 64.0 Å². The van der Waals surface area contributed by atoms with Crippen molar-refractivity contribution in [1.82, 2.24) is 0 Å². The zero-order valence-electron chi connectivity index (χ0n) is 11.5. The molecule has 0 saturated carbocycles. The van der Waals surface area contributed by atoms with Gasteiger partial charge in [0.2, 0.25) is 0 Å². The minimum absolute atomic E-state index is 0.200. The SMILES string of the molecule is CC(=O)c1ccc(N(C)c2cccc(F)c2)c([N+](=O)[O-])c1. The first-order chi connectivity index (χ1) is 9.90. The van der Waals surface area contributed by atoms with Crippen LogP contribution in [0.15, 0.2) is 42.5 Å². The fourth-order valence-electron chi connectivity index (χ4n) is 2.00. The molecule has 5 nitrogen and oxygen atoms in total. The fraction of sp³-hybridized carbons (Fsp3) is 0.133. The number of nitro benzene ring substituents is 1. The summed E-state index contributed by atoms with van der Waals surface area (Å²) in [5.74, 6) is -0.680. The predicted molar refractivity (Wildman–Crippen MR) is 77.6 cm³/mol. The molecule has 0 bridgehead atoms. The van der Waals surface area contributed by atoms with E-state index < -0.39 is 10.7 Å². The normalized spacial score (nSPS) is 10.2. The van der Waals surface area contributed by atoms with Gasteiger partial charge in [-0.05, 0) is 37.3 Å². The fourth-order valence-corrected chi connectivity index (χ4v) is 2.00. The van der Waals surface area contributed by atoms with Gasteiger partial charge >= 0.3 is 0 Å². The standard InChI is InChI=1S/C15H13FN2O3/c1-10(19)11-6-7-14(15(8-11)18(20)21)17(2)13-5-3-4-12(16)9-13/h3-9H,1-2H3. The van der Waals surface area contributed by atoms with Crippen molar-refractivity contribution in [2.45, 2.75) is 6.92 Å². The topological polar surface area (TPSA) is 63.5 Å². The summed E-state index contributed by atoms with van der Waals surface area (Å²) in [4.78, 5) is 23.5. The lowest BCUT2D eigenvalue weighted by Crippen LogP contribution is -2.12. The molecule has 0 aliphatic heterocycles. The Morgan fingerprint density at radius 1 is 1.24 bits per heavy atom. The number of hydrogen-bond donors (Lipinski definition) is 0. The van der Waals surface area contributed by atoms with Crippen LogP contribution in [-0.4, -0.2) is 17.8 Å². The van der Waals surface area contributed by atoms with Crippen molar-refractivity contribution in [3.8, 4) is 0 Å². The Morgan fingerprint density at radius 2 is 1.95 bits per heavy atom. The molecule has 0 aliphatic rings. The van der Waals surface area contributed by atoms with E-state index in [-0.39, 0.29) is 22.7 Å². The van der Waals surface area contributed by atoms with Crippen molar-refractivity contribution in [2.75, 3.05) is 11.9 Å². The van der Waals surface area contributed by atoms with Crippen LogP contribution in [0.2, 0.25) is 0 Å². The molecule has 108 valence electrons. The predicted octanol–water partition coefficient (Wildman–Crippen LogP) is 3.70. The van der Waals surface area contributed by atoms with E-state index in [1.165, 1.54) is 48.2 Å². The minimum Gasteiger partial charge on any atom is -0.339 e. The molecular formula is C15H13FN2O3. The lowest BCUT2D eigenvalue weighted by molar-refractivity contribution is -0.384. The third kappa shape index (κ3) is 3.05. The van der Waals surface area contributed by atoms with Crippen molar-refractivity contribution in [3.63, 3.8) is 0 Å². The highest BCUT2D eigenvalue weighted by atomic mass is 19.1. The number of nitrogens with zero attached hydrogens (tertiary/aromatic N) is 2. The molecule has 0 spiro atoms. The molecule has 0 atom stereocenters. The average Bonchev–Trinajstić information content (AvgIpc) is 2.45. The second-order valence-electron chi connectivity index (χ2n) is 4.56. The van der Waals surface area contributed by atoms with Crippen LogP contribution in [0.3, 0.4) is 0 Å². The molecule has 0 radical (unpaired) electrons. The first kappa shape index (κ1) is 14.6. The number of anilines is 2. The molecule has 2 aromatic carbocycles. The van der Waals surface area contributed by atoms with E-state index in [9.17, 15) is 19.3 Å². The van der Waals surface area contributed by atoms with Gasteiger partial charge in [-0.3, -0.25) is 14.9 Å². The number of carbonyl (C=O) groups excluding carboxylic acids is 1. The molecule has 21 heavy (non-hydrogen) atoms. The van der Waals surface area contributed by atoms with Crippen LogP contribution >= 0.6 is 0 Å². The highest BCUT2D eigenvalue weighted by Crippen LogP contribution is 2.33. The molecule has 0 aromatic heterocycles. The Bertz CT molecular complexity index is 716. The molecule has 6 heteroatoms. The number of carbonyl (C=O) groups is 1. The number of Topliss-reactive ketones (excluding diaryl/α,β-unsaturated/α-hetero) is 1. The summed E-state index contributed by atoms with van der Waals surface area (Å²) in [5, 5.41) is 11.2. The average molecular weight is 288 g/mol. The van der Waals surface area contributed by atoms with E-state index >= 15 is 0 Å². The third-order valence-electron chi connectivity index (χ3n) is 3.14. The summed E-state index contributed by atoms with van der Waals surface area (Å²) >= 11 is 0. The number of halogens is 1. The Morgan fingerprint density at radius 3 is 2.52 bits per heavy atom. The van der Waals surface area contributed by atoms with Crippen LogP contribution in [0.5, 0.6) is 0 Å². The zero-order chi connectivity index (χ0) is 15.6. The number of benzene rings is 2. The molecule has 0 heterocycles. The highest BCUT2D eigenvalue weighted by molar-refractivity contribution is 5.95. The van der Waals surface area contributed by atoms with Crippen LogP contribution in [0, 0.1) is 15.9 Å².